The number of nitrogens with one attached hydrogen (secondary N) is 1. The van der Waals surface area contributed by atoms with Crippen LogP contribution in [0.4, 0.5) is 5.69 Å². The largest absolute Gasteiger partial charge is 0.481 e. The zero-order valence-corrected chi connectivity index (χ0v) is 19.1. The summed E-state index contributed by atoms with van der Waals surface area (Å²) < 4.78 is 5.83. The molecular weight excluding hydrogens is 390 g/mol. The highest BCUT2D eigenvalue weighted by Crippen LogP contribution is 2.25. The van der Waals surface area contributed by atoms with Crippen LogP contribution in [-0.4, -0.2) is 60.9 Å². The van der Waals surface area contributed by atoms with Crippen LogP contribution in [0.5, 0.6) is 5.75 Å². The highest BCUT2D eigenvalue weighted by atomic mass is 16.5. The summed E-state index contributed by atoms with van der Waals surface area (Å²) in [7, 11) is 2.05. The monoisotopic (exact) mass is 423 g/mol. The van der Waals surface area contributed by atoms with Crippen LogP contribution in [0, 0.1) is 0 Å². The molecule has 1 aliphatic rings. The van der Waals surface area contributed by atoms with Crippen molar-refractivity contribution in [2.75, 3.05) is 38.5 Å². The van der Waals surface area contributed by atoms with Crippen molar-refractivity contribution in [2.24, 2.45) is 0 Å². The molecule has 1 saturated heterocycles. The van der Waals surface area contributed by atoms with Crippen LogP contribution in [0.15, 0.2) is 48.5 Å². The van der Waals surface area contributed by atoms with Crippen molar-refractivity contribution in [3.8, 4) is 5.75 Å². The Balaban J connectivity index is 1.65. The maximum atomic E-state index is 13.0. The first kappa shape index (κ1) is 22.8. The molecule has 1 N–H and O–H groups in total. The second-order valence-corrected chi connectivity index (χ2v) is 9.16. The molecule has 1 atom stereocenters. The van der Waals surface area contributed by atoms with Gasteiger partial charge in [0.15, 0.2) is 6.10 Å². The van der Waals surface area contributed by atoms with Crippen molar-refractivity contribution in [2.45, 2.75) is 39.2 Å². The van der Waals surface area contributed by atoms with Crippen LogP contribution in [0.1, 0.15) is 43.6 Å². The second kappa shape index (κ2) is 9.52. The predicted octanol–water partition coefficient (Wildman–Crippen LogP) is 3.78. The lowest BCUT2D eigenvalue weighted by Gasteiger charge is -2.32. The molecule has 0 bridgehead atoms. The van der Waals surface area contributed by atoms with Gasteiger partial charge in [0, 0.05) is 26.2 Å². The Hall–Kier alpha value is -2.86. The molecular formula is C25H33N3O3. The highest BCUT2D eigenvalue weighted by molar-refractivity contribution is 6.04. The number of anilines is 1. The van der Waals surface area contributed by atoms with Crippen LogP contribution in [0.2, 0.25) is 0 Å². The van der Waals surface area contributed by atoms with Crippen molar-refractivity contribution >= 4 is 17.5 Å². The van der Waals surface area contributed by atoms with Crippen molar-refractivity contribution in [3.63, 3.8) is 0 Å². The van der Waals surface area contributed by atoms with E-state index in [-0.39, 0.29) is 17.2 Å². The van der Waals surface area contributed by atoms with Crippen molar-refractivity contribution in [1.82, 2.24) is 9.80 Å². The number of carbonyl (C=O) groups excluding carboxylic acids is 2. The molecule has 0 aliphatic carbocycles. The highest BCUT2D eigenvalue weighted by Gasteiger charge is 2.24. The molecule has 1 heterocycles. The number of piperazine rings is 1. The van der Waals surface area contributed by atoms with Gasteiger partial charge in [0.05, 0.1) is 11.3 Å². The molecule has 1 aliphatic heterocycles. The standard InChI is InChI=1S/C25H33N3O3/c1-18(31-20-12-10-19(11-13-20)25(2,3)4)23(29)26-22-9-7-6-8-21(22)24(30)28-16-14-27(5)15-17-28/h6-13,18H,14-17H2,1-5H3,(H,26,29). The number of hydrogen-bond acceptors (Lipinski definition) is 4. The Labute approximate surface area is 185 Å². The van der Waals surface area contributed by atoms with Gasteiger partial charge in [0.1, 0.15) is 5.75 Å². The van der Waals surface area contributed by atoms with E-state index in [9.17, 15) is 9.59 Å². The Kier molecular flexibility index (Phi) is 7.01. The molecule has 3 rings (SSSR count). The molecule has 6 heteroatoms. The van der Waals surface area contributed by atoms with Crippen LogP contribution in [0.3, 0.4) is 0 Å². The van der Waals surface area contributed by atoms with E-state index in [1.54, 1.807) is 19.1 Å². The van der Waals surface area contributed by atoms with E-state index in [0.29, 0.717) is 30.1 Å². The van der Waals surface area contributed by atoms with Crippen molar-refractivity contribution in [3.05, 3.63) is 59.7 Å². The number of nitrogens with zero attached hydrogens (tertiary/aromatic N) is 2. The average Bonchev–Trinajstić information content (AvgIpc) is 2.74. The van der Waals surface area contributed by atoms with Gasteiger partial charge >= 0.3 is 0 Å². The third kappa shape index (κ3) is 5.85. The van der Waals surface area contributed by atoms with E-state index in [0.717, 1.165) is 13.1 Å². The first-order valence-electron chi connectivity index (χ1n) is 10.8. The fourth-order valence-corrected chi connectivity index (χ4v) is 3.48. The molecule has 166 valence electrons. The van der Waals surface area contributed by atoms with Gasteiger partial charge < -0.3 is 19.9 Å². The maximum Gasteiger partial charge on any atom is 0.265 e. The lowest BCUT2D eigenvalue weighted by Crippen LogP contribution is -2.47. The van der Waals surface area contributed by atoms with Crippen molar-refractivity contribution in [1.29, 1.82) is 0 Å². The number of hydrogen-bond donors (Lipinski definition) is 1. The molecule has 2 aromatic carbocycles. The van der Waals surface area contributed by atoms with Crippen LogP contribution >= 0.6 is 0 Å². The minimum atomic E-state index is -0.702. The molecule has 0 spiro atoms. The lowest BCUT2D eigenvalue weighted by atomic mass is 9.87. The number of para-hydroxylation sites is 1. The van der Waals surface area contributed by atoms with E-state index in [1.165, 1.54) is 5.56 Å². The zero-order chi connectivity index (χ0) is 22.6. The minimum absolute atomic E-state index is 0.0571. The van der Waals surface area contributed by atoms with Gasteiger partial charge in [-0.05, 0) is 49.2 Å². The molecule has 31 heavy (non-hydrogen) atoms. The molecule has 2 amide bonds. The van der Waals surface area contributed by atoms with Gasteiger partial charge in [-0.1, -0.05) is 45.0 Å². The molecule has 6 nitrogen and oxygen atoms in total. The van der Waals surface area contributed by atoms with Gasteiger partial charge in [-0.15, -0.1) is 0 Å². The normalized spacial score (nSPS) is 16.0. The Morgan fingerprint density at radius 3 is 2.19 bits per heavy atom. The van der Waals surface area contributed by atoms with Crippen molar-refractivity contribution < 1.29 is 14.3 Å². The Bertz CT molecular complexity index is 910. The molecule has 1 unspecified atom stereocenters. The molecule has 2 aromatic rings. The van der Waals surface area contributed by atoms with E-state index in [4.69, 9.17) is 4.74 Å². The SMILES string of the molecule is CC(Oc1ccc(C(C)(C)C)cc1)C(=O)Nc1ccccc1C(=O)N1CCN(C)CC1. The maximum absolute atomic E-state index is 13.0. The molecule has 1 fully saturated rings. The summed E-state index contributed by atoms with van der Waals surface area (Å²) in [5.74, 6) is 0.284. The Morgan fingerprint density at radius 2 is 1.58 bits per heavy atom. The van der Waals surface area contributed by atoms with Crippen LogP contribution < -0.4 is 10.1 Å². The van der Waals surface area contributed by atoms with Gasteiger partial charge in [-0.3, -0.25) is 9.59 Å². The summed E-state index contributed by atoms with van der Waals surface area (Å²) in [6.45, 7) is 11.2. The third-order valence-corrected chi connectivity index (χ3v) is 5.61. The van der Waals surface area contributed by atoms with Gasteiger partial charge in [0.2, 0.25) is 0 Å². The second-order valence-electron chi connectivity index (χ2n) is 9.16. The summed E-state index contributed by atoms with van der Waals surface area (Å²) in [5.41, 5.74) is 2.27. The van der Waals surface area contributed by atoms with E-state index < -0.39 is 6.10 Å². The average molecular weight is 424 g/mol. The minimum Gasteiger partial charge on any atom is -0.481 e. The summed E-state index contributed by atoms with van der Waals surface area (Å²) in [6.07, 6.45) is -0.702. The smallest absolute Gasteiger partial charge is 0.265 e. The molecule has 0 radical (unpaired) electrons. The van der Waals surface area contributed by atoms with Gasteiger partial charge in [-0.2, -0.15) is 0 Å². The number of amides is 2. The summed E-state index contributed by atoms with van der Waals surface area (Å²) in [5, 5.41) is 2.87. The lowest BCUT2D eigenvalue weighted by molar-refractivity contribution is -0.122. The number of carbonyl (C=O) groups is 2. The fraction of sp³-hybridized carbons (Fsp3) is 0.440. The Morgan fingerprint density at radius 1 is 0.968 bits per heavy atom. The molecule has 0 saturated carbocycles. The number of likely N-dealkylation sites (N-methyl/N-ethyl adjacent to an activating group) is 1. The summed E-state index contributed by atoms with van der Waals surface area (Å²) in [6, 6.07) is 14.9. The van der Waals surface area contributed by atoms with E-state index in [2.05, 4.69) is 31.0 Å². The number of benzene rings is 2. The van der Waals surface area contributed by atoms with Crippen LogP contribution in [0.25, 0.3) is 0 Å². The van der Waals surface area contributed by atoms with Crippen LogP contribution in [-0.2, 0) is 10.2 Å². The third-order valence-electron chi connectivity index (χ3n) is 5.61. The first-order valence-corrected chi connectivity index (χ1v) is 10.8. The van der Waals surface area contributed by atoms with Gasteiger partial charge in [0.25, 0.3) is 11.8 Å². The number of ether oxygens (including phenoxy) is 1. The topological polar surface area (TPSA) is 61.9 Å². The van der Waals surface area contributed by atoms with Gasteiger partial charge in [-0.25, -0.2) is 0 Å². The first-order chi connectivity index (χ1) is 14.6. The quantitative estimate of drug-likeness (QED) is 0.795. The van der Waals surface area contributed by atoms with E-state index >= 15 is 0 Å². The molecule has 0 aromatic heterocycles. The zero-order valence-electron chi connectivity index (χ0n) is 19.1. The summed E-state index contributed by atoms with van der Waals surface area (Å²) >= 11 is 0. The summed E-state index contributed by atoms with van der Waals surface area (Å²) in [4.78, 5) is 29.8. The fourth-order valence-electron chi connectivity index (χ4n) is 3.48. The predicted molar refractivity (Wildman–Crippen MR) is 124 cm³/mol. The number of rotatable bonds is 5. The van der Waals surface area contributed by atoms with E-state index in [1.807, 2.05) is 48.3 Å².